The van der Waals surface area contributed by atoms with Crippen molar-refractivity contribution in [2.45, 2.75) is 51.1 Å². The number of alkyl halides is 1. The number of hydrogen-bond donors (Lipinski definition) is 0. The maximum absolute atomic E-state index is 12.1. The van der Waals surface area contributed by atoms with Crippen LogP contribution in [0.5, 0.6) is 0 Å². The Kier molecular flexibility index (Phi) is 5.33. The first-order chi connectivity index (χ1) is 8.47. The lowest BCUT2D eigenvalue weighted by Gasteiger charge is -2.42. The quantitative estimate of drug-likeness (QED) is 0.744. The molecule has 0 aromatic heterocycles. The first kappa shape index (κ1) is 17.2. The Bertz CT molecular complexity index is 401. The fraction of sp³-hybridized carbons (Fsp3) is 1.00. The largest absolute Gasteiger partial charge is 0.368 e. The van der Waals surface area contributed by atoms with Gasteiger partial charge in [0.25, 0.3) is 0 Å². The molecule has 1 rings (SSSR count). The molecule has 6 heteroatoms. The van der Waals surface area contributed by atoms with Crippen molar-refractivity contribution in [3.05, 3.63) is 0 Å². The number of morpholine rings is 1. The summed E-state index contributed by atoms with van der Waals surface area (Å²) in [6.07, 6.45) is -0.0252. The fourth-order valence-electron chi connectivity index (χ4n) is 2.22. The van der Waals surface area contributed by atoms with E-state index in [4.69, 9.17) is 16.3 Å². The molecule has 0 radical (unpaired) electrons. The topological polar surface area (TPSA) is 46.6 Å². The van der Waals surface area contributed by atoms with Gasteiger partial charge >= 0.3 is 0 Å². The van der Waals surface area contributed by atoms with E-state index in [2.05, 4.69) is 4.90 Å². The SMILES string of the molecule is CC1(C)CN(CCS(=O)(=O)C(C)(C)C)CC(CCl)O1. The average molecular weight is 312 g/mol. The molecule has 0 bridgehead atoms. The number of nitrogens with zero attached hydrogens (tertiary/aromatic N) is 1. The second-order valence-corrected chi connectivity index (χ2v) is 9.99. The molecule has 0 saturated carbocycles. The van der Waals surface area contributed by atoms with Crippen molar-refractivity contribution >= 4 is 21.4 Å². The van der Waals surface area contributed by atoms with Gasteiger partial charge in [0.05, 0.1) is 22.2 Å². The van der Waals surface area contributed by atoms with Gasteiger partial charge in [-0.15, -0.1) is 11.6 Å². The van der Waals surface area contributed by atoms with Gasteiger partial charge in [-0.1, -0.05) is 0 Å². The summed E-state index contributed by atoms with van der Waals surface area (Å²) in [5.41, 5.74) is -0.275. The minimum Gasteiger partial charge on any atom is -0.368 e. The third-order valence-electron chi connectivity index (χ3n) is 3.33. The van der Waals surface area contributed by atoms with Gasteiger partial charge < -0.3 is 4.74 Å². The highest BCUT2D eigenvalue weighted by Gasteiger charge is 2.35. The minimum absolute atomic E-state index is 0.0252. The Hall–Kier alpha value is 0.160. The van der Waals surface area contributed by atoms with E-state index in [0.29, 0.717) is 19.0 Å². The normalized spacial score (nSPS) is 25.5. The summed E-state index contributed by atoms with van der Waals surface area (Å²) < 4.78 is 29.4. The number of rotatable bonds is 4. The van der Waals surface area contributed by atoms with Gasteiger partial charge in [0.15, 0.2) is 9.84 Å². The predicted octanol–water partition coefficient (Wildman–Crippen LogP) is 1.92. The van der Waals surface area contributed by atoms with Crippen LogP contribution in [0.2, 0.25) is 0 Å². The molecule has 19 heavy (non-hydrogen) atoms. The summed E-state index contributed by atoms with van der Waals surface area (Å²) in [7, 11) is -3.07. The van der Waals surface area contributed by atoms with Crippen molar-refractivity contribution in [1.29, 1.82) is 0 Å². The molecular formula is C13H26ClNO3S. The van der Waals surface area contributed by atoms with Gasteiger partial charge in [-0.2, -0.15) is 0 Å². The van der Waals surface area contributed by atoms with Crippen LogP contribution in [0.1, 0.15) is 34.6 Å². The fourth-order valence-corrected chi connectivity index (χ4v) is 3.49. The Balaban J connectivity index is 2.63. The monoisotopic (exact) mass is 311 g/mol. The van der Waals surface area contributed by atoms with Crippen LogP contribution in [0.25, 0.3) is 0 Å². The molecular weight excluding hydrogens is 286 g/mol. The van der Waals surface area contributed by atoms with Crippen LogP contribution < -0.4 is 0 Å². The van der Waals surface area contributed by atoms with Crippen molar-refractivity contribution in [2.75, 3.05) is 31.3 Å². The van der Waals surface area contributed by atoms with Crippen LogP contribution in [0.4, 0.5) is 0 Å². The van der Waals surface area contributed by atoms with Gasteiger partial charge in [-0.25, -0.2) is 8.42 Å². The molecule has 0 spiro atoms. The molecule has 1 atom stereocenters. The van der Waals surface area contributed by atoms with Gasteiger partial charge in [0.2, 0.25) is 0 Å². The van der Waals surface area contributed by atoms with E-state index in [-0.39, 0.29) is 17.5 Å². The Morgan fingerprint density at radius 1 is 1.37 bits per heavy atom. The molecule has 0 aromatic carbocycles. The number of sulfone groups is 1. The van der Waals surface area contributed by atoms with Gasteiger partial charge in [-0.3, -0.25) is 4.90 Å². The van der Waals surface area contributed by atoms with Crippen molar-refractivity contribution in [3.8, 4) is 0 Å². The third-order valence-corrected chi connectivity index (χ3v) is 6.26. The van der Waals surface area contributed by atoms with E-state index in [1.165, 1.54) is 0 Å². The zero-order valence-corrected chi connectivity index (χ0v) is 14.1. The van der Waals surface area contributed by atoms with Gasteiger partial charge in [-0.05, 0) is 34.6 Å². The molecule has 0 aliphatic carbocycles. The van der Waals surface area contributed by atoms with E-state index in [0.717, 1.165) is 6.54 Å². The smallest absolute Gasteiger partial charge is 0.156 e. The van der Waals surface area contributed by atoms with Crippen molar-refractivity contribution < 1.29 is 13.2 Å². The Morgan fingerprint density at radius 2 is 1.95 bits per heavy atom. The third kappa shape index (κ3) is 4.88. The lowest BCUT2D eigenvalue weighted by atomic mass is 10.1. The summed E-state index contributed by atoms with van der Waals surface area (Å²) in [6, 6.07) is 0. The highest BCUT2D eigenvalue weighted by atomic mass is 35.5. The maximum Gasteiger partial charge on any atom is 0.156 e. The minimum atomic E-state index is -3.07. The molecule has 1 fully saturated rings. The summed E-state index contributed by atoms with van der Waals surface area (Å²) >= 11 is 5.87. The molecule has 0 N–H and O–H groups in total. The first-order valence-corrected chi connectivity index (χ1v) is 8.84. The van der Waals surface area contributed by atoms with Crippen molar-refractivity contribution in [2.24, 2.45) is 0 Å². The number of hydrogen-bond acceptors (Lipinski definition) is 4. The van der Waals surface area contributed by atoms with Crippen LogP contribution in [0.3, 0.4) is 0 Å². The summed E-state index contributed by atoms with van der Waals surface area (Å²) in [6.45, 7) is 11.2. The van der Waals surface area contributed by atoms with E-state index < -0.39 is 14.6 Å². The molecule has 1 unspecified atom stereocenters. The molecule has 4 nitrogen and oxygen atoms in total. The van der Waals surface area contributed by atoms with E-state index in [1.54, 1.807) is 20.8 Å². The van der Waals surface area contributed by atoms with Crippen LogP contribution in [0, 0.1) is 0 Å². The molecule has 0 aromatic rings. The average Bonchev–Trinajstić information content (AvgIpc) is 2.22. The van der Waals surface area contributed by atoms with Gasteiger partial charge in [0.1, 0.15) is 0 Å². The molecule has 114 valence electrons. The van der Waals surface area contributed by atoms with Crippen LogP contribution >= 0.6 is 11.6 Å². The summed E-state index contributed by atoms with van der Waals surface area (Å²) in [5.74, 6) is 0.619. The second-order valence-electron chi connectivity index (χ2n) is 6.82. The molecule has 1 aliphatic heterocycles. The molecule has 0 amide bonds. The highest BCUT2D eigenvalue weighted by Crippen LogP contribution is 2.22. The standard InChI is InChI=1S/C13H26ClNO3S/c1-12(2,3)19(16,17)7-6-15-9-11(8-14)18-13(4,5)10-15/h11H,6-10H2,1-5H3. The van der Waals surface area contributed by atoms with Crippen molar-refractivity contribution in [1.82, 2.24) is 4.90 Å². The number of halogens is 1. The lowest BCUT2D eigenvalue weighted by Crippen LogP contribution is -2.54. The van der Waals surface area contributed by atoms with Crippen LogP contribution in [-0.4, -0.2) is 61.0 Å². The van der Waals surface area contributed by atoms with Crippen LogP contribution in [0.15, 0.2) is 0 Å². The zero-order valence-electron chi connectivity index (χ0n) is 12.6. The van der Waals surface area contributed by atoms with Gasteiger partial charge in [0, 0.05) is 25.5 Å². The van der Waals surface area contributed by atoms with E-state index >= 15 is 0 Å². The Morgan fingerprint density at radius 3 is 2.42 bits per heavy atom. The number of ether oxygens (including phenoxy) is 1. The molecule has 1 heterocycles. The molecule has 1 saturated heterocycles. The molecule has 1 aliphatic rings. The summed E-state index contributed by atoms with van der Waals surface area (Å²) in [4.78, 5) is 2.14. The van der Waals surface area contributed by atoms with E-state index in [1.807, 2.05) is 13.8 Å². The lowest BCUT2D eigenvalue weighted by molar-refractivity contribution is -0.126. The van der Waals surface area contributed by atoms with Crippen LogP contribution in [-0.2, 0) is 14.6 Å². The van der Waals surface area contributed by atoms with E-state index in [9.17, 15) is 8.42 Å². The predicted molar refractivity (Wildman–Crippen MR) is 79.7 cm³/mol. The van der Waals surface area contributed by atoms with Crippen molar-refractivity contribution in [3.63, 3.8) is 0 Å². The second kappa shape index (κ2) is 5.88. The Labute approximate surface area is 122 Å². The summed E-state index contributed by atoms with van der Waals surface area (Å²) in [5, 5.41) is 0. The highest BCUT2D eigenvalue weighted by molar-refractivity contribution is 7.92. The first-order valence-electron chi connectivity index (χ1n) is 6.65. The zero-order chi connectivity index (χ0) is 14.9. The maximum atomic E-state index is 12.1.